The van der Waals surface area contributed by atoms with Gasteiger partial charge >= 0.3 is 5.97 Å². The molecular formula is C18H15FO5. The average molecular weight is 330 g/mol. The van der Waals surface area contributed by atoms with Crippen molar-refractivity contribution < 1.29 is 28.2 Å². The molecule has 0 unspecified atom stereocenters. The number of halogens is 1. The fourth-order valence-electron chi connectivity index (χ4n) is 2.61. The van der Waals surface area contributed by atoms with Crippen LogP contribution in [0.25, 0.3) is 11.0 Å². The highest BCUT2D eigenvalue weighted by molar-refractivity contribution is 6.05. The number of carboxylic acid groups (broad SMARTS) is 1. The molecule has 0 radical (unpaired) electrons. The van der Waals surface area contributed by atoms with Crippen molar-refractivity contribution in [1.29, 1.82) is 0 Å². The van der Waals surface area contributed by atoms with Crippen molar-refractivity contribution in [3.8, 4) is 11.5 Å². The van der Waals surface area contributed by atoms with Crippen molar-refractivity contribution in [2.24, 2.45) is 0 Å². The fourth-order valence-corrected chi connectivity index (χ4v) is 2.61. The predicted molar refractivity (Wildman–Crippen MR) is 85.5 cm³/mol. The topological polar surface area (TPSA) is 68.9 Å². The molecule has 2 aromatic carbocycles. The van der Waals surface area contributed by atoms with Crippen molar-refractivity contribution >= 4 is 16.9 Å². The van der Waals surface area contributed by atoms with Gasteiger partial charge in [-0.2, -0.15) is 0 Å². The molecule has 0 aliphatic carbocycles. The van der Waals surface area contributed by atoms with E-state index in [9.17, 15) is 14.3 Å². The first-order valence-corrected chi connectivity index (χ1v) is 7.18. The van der Waals surface area contributed by atoms with Gasteiger partial charge in [-0.3, -0.25) is 0 Å². The van der Waals surface area contributed by atoms with Gasteiger partial charge in [0.2, 0.25) is 5.75 Å². The SMILES string of the molecule is COc1cc(C(=O)O)c2cc(Cc3ccc(F)cc3)oc2c1OC. The molecule has 0 aliphatic heterocycles. The third-order valence-corrected chi connectivity index (χ3v) is 3.72. The van der Waals surface area contributed by atoms with Crippen LogP contribution in [0.2, 0.25) is 0 Å². The number of fused-ring (bicyclic) bond motifs is 1. The number of rotatable bonds is 5. The number of ether oxygens (including phenoxy) is 2. The number of carbonyl (C=O) groups is 1. The van der Waals surface area contributed by atoms with Crippen LogP contribution in [0, 0.1) is 5.82 Å². The standard InChI is InChI=1S/C18H15FO5/c1-22-15-9-14(18(20)21)13-8-12(24-16(13)17(15)23-2)7-10-3-5-11(19)6-4-10/h3-6,8-9H,7H2,1-2H3,(H,20,21). The van der Waals surface area contributed by atoms with Gasteiger partial charge in [-0.25, -0.2) is 9.18 Å². The van der Waals surface area contributed by atoms with E-state index in [-0.39, 0.29) is 17.1 Å². The zero-order chi connectivity index (χ0) is 17.3. The van der Waals surface area contributed by atoms with E-state index in [1.165, 1.54) is 32.4 Å². The Bertz CT molecular complexity index is 896. The lowest BCUT2D eigenvalue weighted by molar-refractivity contribution is 0.0698. The highest BCUT2D eigenvalue weighted by Gasteiger charge is 2.21. The number of carboxylic acids is 1. The maximum Gasteiger partial charge on any atom is 0.336 e. The van der Waals surface area contributed by atoms with E-state index >= 15 is 0 Å². The molecule has 1 aromatic heterocycles. The van der Waals surface area contributed by atoms with E-state index in [1.807, 2.05) is 0 Å². The maximum atomic E-state index is 13.0. The summed E-state index contributed by atoms with van der Waals surface area (Å²) in [5, 5.41) is 9.84. The Kier molecular flexibility index (Phi) is 4.12. The number of hydrogen-bond donors (Lipinski definition) is 1. The van der Waals surface area contributed by atoms with E-state index in [1.54, 1.807) is 18.2 Å². The van der Waals surface area contributed by atoms with Crippen LogP contribution >= 0.6 is 0 Å². The molecule has 0 saturated heterocycles. The molecule has 5 nitrogen and oxygen atoms in total. The molecule has 6 heteroatoms. The summed E-state index contributed by atoms with van der Waals surface area (Å²) in [6, 6.07) is 9.09. The molecule has 1 N–H and O–H groups in total. The van der Waals surface area contributed by atoms with Crippen LogP contribution in [0.15, 0.2) is 40.8 Å². The zero-order valence-electron chi connectivity index (χ0n) is 13.1. The van der Waals surface area contributed by atoms with Crippen molar-refractivity contribution in [3.05, 3.63) is 59.1 Å². The van der Waals surface area contributed by atoms with E-state index in [4.69, 9.17) is 13.9 Å². The Labute approximate surface area is 137 Å². The lowest BCUT2D eigenvalue weighted by Crippen LogP contribution is -1.99. The van der Waals surface area contributed by atoms with Crippen LogP contribution in [0.4, 0.5) is 4.39 Å². The van der Waals surface area contributed by atoms with E-state index in [2.05, 4.69) is 0 Å². The zero-order valence-corrected chi connectivity index (χ0v) is 13.1. The molecule has 0 amide bonds. The lowest BCUT2D eigenvalue weighted by Gasteiger charge is -2.09. The molecule has 0 aliphatic rings. The summed E-state index contributed by atoms with van der Waals surface area (Å²) in [6.45, 7) is 0. The molecule has 3 rings (SSSR count). The third-order valence-electron chi connectivity index (χ3n) is 3.72. The molecule has 3 aromatic rings. The molecule has 0 saturated carbocycles. The molecule has 0 fully saturated rings. The van der Waals surface area contributed by atoms with Crippen LogP contribution in [-0.4, -0.2) is 25.3 Å². The third kappa shape index (κ3) is 2.78. The molecule has 24 heavy (non-hydrogen) atoms. The molecular weight excluding hydrogens is 315 g/mol. The summed E-state index contributed by atoms with van der Waals surface area (Å²) in [4.78, 5) is 11.5. The number of aromatic carboxylic acids is 1. The van der Waals surface area contributed by atoms with Crippen molar-refractivity contribution in [3.63, 3.8) is 0 Å². The highest BCUT2D eigenvalue weighted by Crippen LogP contribution is 2.40. The maximum absolute atomic E-state index is 13.0. The van der Waals surface area contributed by atoms with Gasteiger partial charge in [-0.15, -0.1) is 0 Å². The Morgan fingerprint density at radius 2 is 1.88 bits per heavy atom. The number of hydrogen-bond acceptors (Lipinski definition) is 4. The van der Waals surface area contributed by atoms with Gasteiger partial charge in [0.05, 0.1) is 19.8 Å². The summed E-state index contributed by atoms with van der Waals surface area (Å²) in [5.41, 5.74) is 1.22. The van der Waals surface area contributed by atoms with Crippen LogP contribution in [0.5, 0.6) is 11.5 Å². The molecule has 0 bridgehead atoms. The van der Waals surface area contributed by atoms with Gasteiger partial charge in [-0.05, 0) is 29.8 Å². The van der Waals surface area contributed by atoms with E-state index in [0.717, 1.165) is 5.56 Å². The van der Waals surface area contributed by atoms with Crippen LogP contribution < -0.4 is 9.47 Å². The second-order valence-corrected chi connectivity index (χ2v) is 5.22. The monoisotopic (exact) mass is 330 g/mol. The average Bonchev–Trinajstić information content (AvgIpc) is 2.98. The molecule has 124 valence electrons. The smallest absolute Gasteiger partial charge is 0.336 e. The second-order valence-electron chi connectivity index (χ2n) is 5.22. The molecule has 1 heterocycles. The Hall–Kier alpha value is -3.02. The number of furan rings is 1. The Morgan fingerprint density at radius 1 is 1.17 bits per heavy atom. The van der Waals surface area contributed by atoms with E-state index in [0.29, 0.717) is 28.9 Å². The first-order chi connectivity index (χ1) is 11.5. The van der Waals surface area contributed by atoms with Gasteiger partial charge in [0.15, 0.2) is 11.3 Å². The van der Waals surface area contributed by atoms with Gasteiger partial charge in [0, 0.05) is 11.8 Å². The summed E-state index contributed by atoms with van der Waals surface area (Å²) in [7, 11) is 2.89. The Balaban J connectivity index is 2.13. The largest absolute Gasteiger partial charge is 0.493 e. The van der Waals surface area contributed by atoms with Gasteiger partial charge in [0.1, 0.15) is 11.6 Å². The Morgan fingerprint density at radius 3 is 2.46 bits per heavy atom. The first-order valence-electron chi connectivity index (χ1n) is 7.18. The quantitative estimate of drug-likeness (QED) is 0.769. The minimum Gasteiger partial charge on any atom is -0.493 e. The highest BCUT2D eigenvalue weighted by atomic mass is 19.1. The fraction of sp³-hybridized carbons (Fsp3) is 0.167. The van der Waals surface area contributed by atoms with Gasteiger partial charge < -0.3 is 19.0 Å². The first kappa shape index (κ1) is 15.9. The summed E-state index contributed by atoms with van der Waals surface area (Å²) < 4.78 is 29.3. The minimum atomic E-state index is -1.09. The van der Waals surface area contributed by atoms with Crippen LogP contribution in [0.1, 0.15) is 21.7 Å². The van der Waals surface area contributed by atoms with Gasteiger partial charge in [-0.1, -0.05) is 12.1 Å². The van der Waals surface area contributed by atoms with Crippen molar-refractivity contribution in [2.45, 2.75) is 6.42 Å². The van der Waals surface area contributed by atoms with Crippen LogP contribution in [-0.2, 0) is 6.42 Å². The summed E-state index contributed by atoms with van der Waals surface area (Å²) in [6.07, 6.45) is 0.402. The van der Waals surface area contributed by atoms with Crippen LogP contribution in [0.3, 0.4) is 0 Å². The number of benzene rings is 2. The minimum absolute atomic E-state index is 0.0664. The van der Waals surface area contributed by atoms with Gasteiger partial charge in [0.25, 0.3) is 0 Å². The lowest BCUT2D eigenvalue weighted by atomic mass is 10.1. The summed E-state index contributed by atoms with van der Waals surface area (Å²) >= 11 is 0. The van der Waals surface area contributed by atoms with E-state index < -0.39 is 5.97 Å². The molecule has 0 atom stereocenters. The predicted octanol–water partition coefficient (Wildman–Crippen LogP) is 3.88. The normalized spacial score (nSPS) is 10.8. The second kappa shape index (κ2) is 6.23. The summed E-state index contributed by atoms with van der Waals surface area (Å²) in [5.74, 6) is -0.239. The van der Waals surface area contributed by atoms with Crippen molar-refractivity contribution in [1.82, 2.24) is 0 Å². The van der Waals surface area contributed by atoms with Crippen molar-refractivity contribution in [2.75, 3.05) is 14.2 Å². The molecule has 0 spiro atoms. The number of methoxy groups -OCH3 is 2.